The number of hydrogen-bond donors (Lipinski definition) is 1. The normalized spacial score (nSPS) is 11.8. The third-order valence-electron chi connectivity index (χ3n) is 1.93. The van der Waals surface area contributed by atoms with Crippen molar-refractivity contribution in [2.24, 2.45) is 11.3 Å². The van der Waals surface area contributed by atoms with Crippen LogP contribution in [0.1, 0.15) is 48.9 Å². The predicted octanol–water partition coefficient (Wildman–Crippen LogP) is 2.83. The molecule has 2 heteroatoms. The third kappa shape index (κ3) is 7.82. The van der Waals surface area contributed by atoms with Gasteiger partial charge < -0.3 is 5.32 Å². The zero-order chi connectivity index (χ0) is 10.5. The number of amides is 1. The zero-order valence-electron chi connectivity index (χ0n) is 9.61. The van der Waals surface area contributed by atoms with Gasteiger partial charge in [0.1, 0.15) is 0 Å². The van der Waals surface area contributed by atoms with Gasteiger partial charge in [0.05, 0.1) is 0 Å². The van der Waals surface area contributed by atoms with E-state index >= 15 is 0 Å². The number of nitrogens with one attached hydrogen (secondary N) is 1. The molecule has 0 aromatic rings. The average molecular weight is 187 g/mol. The highest BCUT2D eigenvalue weighted by atomic mass is 16.1. The molecule has 80 valence electrons. The summed E-state index contributed by atoms with van der Waals surface area (Å²) in [6, 6.07) is 0. The van der Waals surface area contributed by atoms with E-state index in [1.807, 2.05) is 13.8 Å². The SMILES string of the molecule is CC(C)C(=O)NCCCC(C)(C)C.[HH]. The van der Waals surface area contributed by atoms with E-state index in [1.54, 1.807) is 0 Å². The Hall–Kier alpha value is -0.530. The Kier molecular flexibility index (Phi) is 5.04. The minimum atomic E-state index is 0. The fourth-order valence-corrected chi connectivity index (χ4v) is 1.03. The van der Waals surface area contributed by atoms with Crippen LogP contribution in [-0.4, -0.2) is 12.5 Å². The van der Waals surface area contributed by atoms with Crippen LogP contribution < -0.4 is 5.32 Å². The second-order valence-electron chi connectivity index (χ2n) is 5.11. The summed E-state index contributed by atoms with van der Waals surface area (Å²) in [7, 11) is 0. The van der Waals surface area contributed by atoms with Gasteiger partial charge in [-0.3, -0.25) is 4.79 Å². The number of hydrogen-bond acceptors (Lipinski definition) is 1. The summed E-state index contributed by atoms with van der Waals surface area (Å²) < 4.78 is 0. The Morgan fingerprint density at radius 1 is 1.38 bits per heavy atom. The molecule has 0 bridgehead atoms. The fraction of sp³-hybridized carbons (Fsp3) is 0.909. The summed E-state index contributed by atoms with van der Waals surface area (Å²) in [6.07, 6.45) is 2.23. The van der Waals surface area contributed by atoms with Gasteiger partial charge in [0.2, 0.25) is 5.91 Å². The van der Waals surface area contributed by atoms with E-state index in [0.717, 1.165) is 19.4 Å². The van der Waals surface area contributed by atoms with Crippen molar-refractivity contribution in [3.05, 3.63) is 0 Å². The van der Waals surface area contributed by atoms with E-state index in [9.17, 15) is 4.79 Å². The smallest absolute Gasteiger partial charge is 0.222 e. The lowest BCUT2D eigenvalue weighted by Gasteiger charge is -2.17. The van der Waals surface area contributed by atoms with Crippen LogP contribution in [0.25, 0.3) is 0 Å². The van der Waals surface area contributed by atoms with Gasteiger partial charge in [-0.2, -0.15) is 0 Å². The molecule has 0 aromatic heterocycles. The molecule has 0 spiro atoms. The van der Waals surface area contributed by atoms with Gasteiger partial charge >= 0.3 is 0 Å². The topological polar surface area (TPSA) is 29.1 Å². The molecular formula is C11H25NO. The van der Waals surface area contributed by atoms with Crippen molar-refractivity contribution in [1.29, 1.82) is 0 Å². The van der Waals surface area contributed by atoms with Crippen LogP contribution in [-0.2, 0) is 4.79 Å². The van der Waals surface area contributed by atoms with Gasteiger partial charge in [-0.25, -0.2) is 0 Å². The van der Waals surface area contributed by atoms with E-state index in [0.29, 0.717) is 5.41 Å². The van der Waals surface area contributed by atoms with Crippen molar-refractivity contribution in [3.63, 3.8) is 0 Å². The molecule has 0 fully saturated rings. The van der Waals surface area contributed by atoms with Crippen LogP contribution in [0.4, 0.5) is 0 Å². The highest BCUT2D eigenvalue weighted by Crippen LogP contribution is 2.19. The molecule has 0 radical (unpaired) electrons. The lowest BCUT2D eigenvalue weighted by atomic mass is 9.91. The monoisotopic (exact) mass is 187 g/mol. The van der Waals surface area contributed by atoms with Crippen LogP contribution >= 0.6 is 0 Å². The summed E-state index contributed by atoms with van der Waals surface area (Å²) in [5, 5.41) is 2.92. The van der Waals surface area contributed by atoms with Gasteiger partial charge in [0, 0.05) is 13.9 Å². The van der Waals surface area contributed by atoms with Crippen LogP contribution in [0.5, 0.6) is 0 Å². The minimum absolute atomic E-state index is 0. The van der Waals surface area contributed by atoms with Crippen molar-refractivity contribution in [2.75, 3.05) is 6.54 Å². The van der Waals surface area contributed by atoms with E-state index in [-0.39, 0.29) is 13.3 Å². The largest absolute Gasteiger partial charge is 0.356 e. The van der Waals surface area contributed by atoms with Gasteiger partial charge in [-0.05, 0) is 18.3 Å². The Morgan fingerprint density at radius 2 is 1.92 bits per heavy atom. The summed E-state index contributed by atoms with van der Waals surface area (Å²) >= 11 is 0. The minimum Gasteiger partial charge on any atom is -0.356 e. The molecular weight excluding hydrogens is 162 g/mol. The van der Waals surface area contributed by atoms with Crippen LogP contribution in [0.15, 0.2) is 0 Å². The zero-order valence-corrected chi connectivity index (χ0v) is 9.61. The maximum atomic E-state index is 11.2. The van der Waals surface area contributed by atoms with Gasteiger partial charge in [-0.1, -0.05) is 34.6 Å². The molecule has 13 heavy (non-hydrogen) atoms. The molecule has 2 nitrogen and oxygen atoms in total. The van der Waals surface area contributed by atoms with Gasteiger partial charge in [0.15, 0.2) is 0 Å². The molecule has 0 saturated heterocycles. The van der Waals surface area contributed by atoms with Crippen LogP contribution in [0.3, 0.4) is 0 Å². The second kappa shape index (κ2) is 5.25. The van der Waals surface area contributed by atoms with E-state index in [2.05, 4.69) is 26.1 Å². The fourth-order valence-electron chi connectivity index (χ4n) is 1.03. The number of carbonyl (C=O) groups is 1. The van der Waals surface area contributed by atoms with E-state index < -0.39 is 0 Å². The summed E-state index contributed by atoms with van der Waals surface area (Å²) in [6.45, 7) is 11.3. The van der Waals surface area contributed by atoms with Crippen molar-refractivity contribution >= 4 is 5.91 Å². The lowest BCUT2D eigenvalue weighted by molar-refractivity contribution is -0.124. The van der Waals surface area contributed by atoms with Gasteiger partial charge in [-0.15, -0.1) is 0 Å². The molecule has 0 unspecified atom stereocenters. The third-order valence-corrected chi connectivity index (χ3v) is 1.93. The molecule has 0 saturated carbocycles. The first-order valence-corrected chi connectivity index (χ1v) is 5.10. The van der Waals surface area contributed by atoms with Crippen LogP contribution in [0.2, 0.25) is 0 Å². The Bertz CT molecular complexity index is 161. The van der Waals surface area contributed by atoms with Crippen molar-refractivity contribution < 1.29 is 6.22 Å². The number of carbonyl (C=O) groups excluding carboxylic acids is 1. The molecule has 0 heterocycles. The number of rotatable bonds is 4. The molecule has 0 aromatic carbocycles. The molecule has 0 aliphatic carbocycles. The summed E-state index contributed by atoms with van der Waals surface area (Å²) in [4.78, 5) is 11.2. The van der Waals surface area contributed by atoms with E-state index in [1.165, 1.54) is 0 Å². The van der Waals surface area contributed by atoms with Crippen molar-refractivity contribution in [3.8, 4) is 0 Å². The van der Waals surface area contributed by atoms with Crippen LogP contribution in [0, 0.1) is 11.3 Å². The predicted molar refractivity (Wildman–Crippen MR) is 58.7 cm³/mol. The lowest BCUT2D eigenvalue weighted by Crippen LogP contribution is -2.29. The molecule has 0 atom stereocenters. The maximum absolute atomic E-state index is 11.2. The first-order valence-electron chi connectivity index (χ1n) is 5.10. The molecule has 0 rings (SSSR count). The standard InChI is InChI=1S/C11H23NO.H2/c1-9(2)10(13)12-8-6-7-11(3,4)5;/h9H,6-8H2,1-5H3,(H,12,13);1H. The molecule has 0 aliphatic heterocycles. The van der Waals surface area contributed by atoms with E-state index in [4.69, 9.17) is 0 Å². The highest BCUT2D eigenvalue weighted by molar-refractivity contribution is 5.77. The molecule has 0 aliphatic rings. The first kappa shape index (κ1) is 12.5. The quantitative estimate of drug-likeness (QED) is 0.674. The maximum Gasteiger partial charge on any atom is 0.222 e. The summed E-state index contributed by atoms with van der Waals surface area (Å²) in [5.74, 6) is 0.267. The molecule has 1 amide bonds. The van der Waals surface area contributed by atoms with Crippen molar-refractivity contribution in [1.82, 2.24) is 5.32 Å². The van der Waals surface area contributed by atoms with Crippen molar-refractivity contribution in [2.45, 2.75) is 47.5 Å². The molecule has 1 N–H and O–H groups in total. The summed E-state index contributed by atoms with van der Waals surface area (Å²) in [5.41, 5.74) is 0.378. The van der Waals surface area contributed by atoms with Gasteiger partial charge in [0.25, 0.3) is 0 Å². The Morgan fingerprint density at radius 3 is 2.31 bits per heavy atom. The average Bonchev–Trinajstić information content (AvgIpc) is 1.95. The highest BCUT2D eigenvalue weighted by Gasteiger charge is 2.10. The Balaban J connectivity index is 0. The first-order chi connectivity index (χ1) is 5.83. The second-order valence-corrected chi connectivity index (χ2v) is 5.11. The Labute approximate surface area is 83.6 Å².